The summed E-state index contributed by atoms with van der Waals surface area (Å²) in [4.78, 5) is 18.9. The van der Waals surface area contributed by atoms with Gasteiger partial charge in [0.05, 0.1) is 24.2 Å². The van der Waals surface area contributed by atoms with E-state index < -0.39 is 6.29 Å². The topological polar surface area (TPSA) is 98.5 Å². The maximum Gasteiger partial charge on any atom is 0.275 e. The Kier molecular flexibility index (Phi) is 9.89. The number of aliphatic hydroxyl groups excluding tert-OH is 1. The van der Waals surface area contributed by atoms with E-state index in [0.29, 0.717) is 17.9 Å². The highest BCUT2D eigenvalue weighted by atomic mass is 32.2. The highest BCUT2D eigenvalue weighted by molar-refractivity contribution is 7.98. The van der Waals surface area contributed by atoms with Crippen LogP contribution in [0.3, 0.4) is 0 Å². The van der Waals surface area contributed by atoms with Crippen molar-refractivity contribution in [2.24, 2.45) is 0 Å². The van der Waals surface area contributed by atoms with Gasteiger partial charge in [0, 0.05) is 29.2 Å². The van der Waals surface area contributed by atoms with E-state index in [0.717, 1.165) is 41.1 Å². The molecule has 2 heterocycles. The Morgan fingerprint density at radius 3 is 2.88 bits per heavy atom. The molecular formula is C24H30N4O4S. The Hall–Kier alpha value is -2.72. The summed E-state index contributed by atoms with van der Waals surface area (Å²) in [6, 6.07) is 14.9. The monoisotopic (exact) mass is 470 g/mol. The Bertz CT molecular complexity index is 1020. The van der Waals surface area contributed by atoms with Crippen molar-refractivity contribution in [3.63, 3.8) is 0 Å². The van der Waals surface area contributed by atoms with Crippen LogP contribution in [0, 0.1) is 0 Å². The second kappa shape index (κ2) is 13.1. The standard InChI is InChI=1S/C22H24N4O4S.C2H6/c27-14-16-5-3-8-20(11-16)31-15-18-13-26(25-23-18)19-7-4-6-17(12-19)22(28)24-30-21-9-1-2-10-29-21;1-2/h3-8,11-13,21,27H,1-2,9-10,14-15H2,(H,24,28);1-2H3. The SMILES string of the molecule is CC.O=C(NOC1CCCCO1)c1cccc(-n2cc(CSc3cccc(CO)c3)nn2)c1. The van der Waals surface area contributed by atoms with Gasteiger partial charge >= 0.3 is 0 Å². The van der Waals surface area contributed by atoms with Crippen LogP contribution in [0.15, 0.2) is 59.6 Å². The molecule has 9 heteroatoms. The molecule has 1 aliphatic rings. The van der Waals surface area contributed by atoms with Gasteiger partial charge in [-0.2, -0.15) is 0 Å². The average molecular weight is 471 g/mol. The molecule has 1 amide bonds. The van der Waals surface area contributed by atoms with Crippen LogP contribution in [0.1, 0.15) is 54.7 Å². The molecule has 1 aliphatic heterocycles. The molecule has 1 fully saturated rings. The maximum atomic E-state index is 12.4. The smallest absolute Gasteiger partial charge is 0.275 e. The number of thioether (sulfide) groups is 1. The van der Waals surface area contributed by atoms with Crippen molar-refractivity contribution >= 4 is 17.7 Å². The van der Waals surface area contributed by atoms with Crippen LogP contribution < -0.4 is 5.48 Å². The highest BCUT2D eigenvalue weighted by Crippen LogP contribution is 2.23. The molecule has 8 nitrogen and oxygen atoms in total. The van der Waals surface area contributed by atoms with Gasteiger partial charge in [-0.05, 0) is 48.7 Å². The minimum Gasteiger partial charge on any atom is -0.392 e. The van der Waals surface area contributed by atoms with E-state index in [-0.39, 0.29) is 12.5 Å². The number of nitrogens with one attached hydrogen (secondary N) is 1. The molecule has 3 aromatic rings. The molecule has 4 rings (SSSR count). The zero-order valence-corrected chi connectivity index (χ0v) is 19.8. The summed E-state index contributed by atoms with van der Waals surface area (Å²) in [6.45, 7) is 4.67. The molecule has 2 aromatic carbocycles. The predicted molar refractivity (Wildman–Crippen MR) is 127 cm³/mol. The average Bonchev–Trinajstić information content (AvgIpc) is 3.37. The van der Waals surface area contributed by atoms with Crippen LogP contribution in [0.25, 0.3) is 5.69 Å². The fourth-order valence-corrected chi connectivity index (χ4v) is 4.01. The summed E-state index contributed by atoms with van der Waals surface area (Å²) < 4.78 is 7.09. The number of hydroxylamine groups is 1. The molecule has 2 N–H and O–H groups in total. The predicted octanol–water partition coefficient (Wildman–Crippen LogP) is 4.27. The Morgan fingerprint density at radius 2 is 2.09 bits per heavy atom. The number of benzene rings is 2. The summed E-state index contributed by atoms with van der Waals surface area (Å²) in [7, 11) is 0. The number of rotatable bonds is 8. The molecule has 0 aliphatic carbocycles. The number of aliphatic hydroxyl groups is 1. The summed E-state index contributed by atoms with van der Waals surface area (Å²) in [5.74, 6) is 0.306. The van der Waals surface area contributed by atoms with Crippen molar-refractivity contribution in [2.45, 2.75) is 56.7 Å². The second-order valence-electron chi connectivity index (χ2n) is 7.14. The molecule has 1 saturated heterocycles. The van der Waals surface area contributed by atoms with E-state index in [2.05, 4.69) is 15.8 Å². The van der Waals surface area contributed by atoms with Gasteiger partial charge in [-0.25, -0.2) is 15.0 Å². The summed E-state index contributed by atoms with van der Waals surface area (Å²) in [5, 5.41) is 17.7. The van der Waals surface area contributed by atoms with Crippen molar-refractivity contribution in [3.8, 4) is 5.69 Å². The first-order valence-corrected chi connectivity index (χ1v) is 12.1. The first kappa shape index (κ1) is 24.9. The lowest BCUT2D eigenvalue weighted by molar-refractivity contribution is -0.186. The molecule has 0 saturated carbocycles. The van der Waals surface area contributed by atoms with Crippen LogP contribution >= 0.6 is 11.8 Å². The zero-order valence-electron chi connectivity index (χ0n) is 18.9. The Morgan fingerprint density at radius 1 is 1.24 bits per heavy atom. The number of carbonyl (C=O) groups excluding carboxylic acids is 1. The number of carbonyl (C=O) groups is 1. The summed E-state index contributed by atoms with van der Waals surface area (Å²) >= 11 is 1.62. The molecule has 0 bridgehead atoms. The third-order valence-corrected chi connectivity index (χ3v) is 5.83. The Balaban J connectivity index is 0.00000149. The molecule has 1 atom stereocenters. The third kappa shape index (κ3) is 7.40. The van der Waals surface area contributed by atoms with Crippen molar-refractivity contribution < 1.29 is 19.5 Å². The van der Waals surface area contributed by atoms with Crippen LogP contribution in [0.2, 0.25) is 0 Å². The van der Waals surface area contributed by atoms with Crippen molar-refractivity contribution in [3.05, 3.63) is 71.5 Å². The van der Waals surface area contributed by atoms with Crippen molar-refractivity contribution in [1.29, 1.82) is 0 Å². The largest absolute Gasteiger partial charge is 0.392 e. The fourth-order valence-electron chi connectivity index (χ4n) is 3.15. The van der Waals surface area contributed by atoms with Gasteiger partial charge in [-0.3, -0.25) is 4.79 Å². The van der Waals surface area contributed by atoms with Gasteiger partial charge in [-0.1, -0.05) is 37.3 Å². The van der Waals surface area contributed by atoms with Gasteiger partial charge in [0.2, 0.25) is 0 Å². The van der Waals surface area contributed by atoms with Crippen LogP contribution in [0.5, 0.6) is 0 Å². The fraction of sp³-hybridized carbons (Fsp3) is 0.375. The number of ether oxygens (including phenoxy) is 1. The molecule has 0 spiro atoms. The number of aromatic nitrogens is 3. The highest BCUT2D eigenvalue weighted by Gasteiger charge is 2.16. The lowest BCUT2D eigenvalue weighted by atomic mass is 10.2. The molecule has 0 radical (unpaired) electrons. The lowest BCUT2D eigenvalue weighted by Gasteiger charge is -2.22. The van der Waals surface area contributed by atoms with Crippen LogP contribution in [-0.4, -0.2) is 38.9 Å². The second-order valence-corrected chi connectivity index (χ2v) is 8.19. The van der Waals surface area contributed by atoms with Crippen LogP contribution in [-0.2, 0) is 21.9 Å². The molecule has 176 valence electrons. The van der Waals surface area contributed by atoms with Gasteiger partial charge in [0.15, 0.2) is 6.29 Å². The van der Waals surface area contributed by atoms with Gasteiger partial charge < -0.3 is 9.84 Å². The Labute approximate surface area is 198 Å². The third-order valence-electron chi connectivity index (χ3n) is 4.80. The van der Waals surface area contributed by atoms with Gasteiger partial charge in [-0.15, -0.1) is 16.9 Å². The normalized spacial score (nSPS) is 15.4. The lowest BCUT2D eigenvalue weighted by Crippen LogP contribution is -2.33. The van der Waals surface area contributed by atoms with E-state index in [1.807, 2.05) is 50.4 Å². The molecule has 1 aromatic heterocycles. The number of hydrogen-bond acceptors (Lipinski definition) is 7. The number of hydrogen-bond donors (Lipinski definition) is 2. The number of nitrogens with zero attached hydrogens (tertiary/aromatic N) is 3. The van der Waals surface area contributed by atoms with Gasteiger partial charge in [0.1, 0.15) is 0 Å². The van der Waals surface area contributed by atoms with Crippen molar-refractivity contribution in [1.82, 2.24) is 20.5 Å². The zero-order chi connectivity index (χ0) is 23.5. The first-order valence-electron chi connectivity index (χ1n) is 11.1. The maximum absolute atomic E-state index is 12.4. The number of amides is 1. The minimum absolute atomic E-state index is 0.0211. The van der Waals surface area contributed by atoms with Crippen molar-refractivity contribution in [2.75, 3.05) is 6.61 Å². The van der Waals surface area contributed by atoms with E-state index in [1.54, 1.807) is 34.6 Å². The summed E-state index contributed by atoms with van der Waals surface area (Å²) in [6.07, 6.45) is 4.25. The van der Waals surface area contributed by atoms with Gasteiger partial charge in [0.25, 0.3) is 5.91 Å². The molecule has 1 unspecified atom stereocenters. The van der Waals surface area contributed by atoms with Crippen LogP contribution in [0.4, 0.5) is 0 Å². The van der Waals surface area contributed by atoms with E-state index in [1.165, 1.54) is 0 Å². The molecule has 33 heavy (non-hydrogen) atoms. The van der Waals surface area contributed by atoms with E-state index >= 15 is 0 Å². The van der Waals surface area contributed by atoms with E-state index in [9.17, 15) is 9.90 Å². The summed E-state index contributed by atoms with van der Waals surface area (Å²) in [5.41, 5.74) is 5.35. The minimum atomic E-state index is -0.394. The first-order chi connectivity index (χ1) is 16.2. The molecular weight excluding hydrogens is 440 g/mol. The quantitative estimate of drug-likeness (QED) is 0.375. The van der Waals surface area contributed by atoms with E-state index in [4.69, 9.17) is 9.57 Å².